The fraction of sp³-hybridized carbons (Fsp3) is 0.316. The molecule has 0 heterocycles. The van der Waals surface area contributed by atoms with Crippen molar-refractivity contribution in [1.82, 2.24) is 0 Å². The van der Waals surface area contributed by atoms with Crippen molar-refractivity contribution >= 4 is 11.6 Å². The first-order valence-electron chi connectivity index (χ1n) is 7.65. The standard InChI is InChI=1S/C19H23NO2/c1-4-14(2)17-10-5-6-11-18(17)20-19(21)13-15-8-7-9-16(12-15)22-3/h5-12,14H,4,13H2,1-3H3,(H,20,21)/t14-/m1/s1. The molecule has 0 bridgehead atoms. The zero-order valence-electron chi connectivity index (χ0n) is 13.4. The molecule has 22 heavy (non-hydrogen) atoms. The van der Waals surface area contributed by atoms with Crippen LogP contribution in [0.3, 0.4) is 0 Å². The molecule has 1 N–H and O–H groups in total. The number of carbonyl (C=O) groups is 1. The van der Waals surface area contributed by atoms with Crippen LogP contribution in [0.4, 0.5) is 5.69 Å². The molecule has 2 rings (SSSR count). The van der Waals surface area contributed by atoms with E-state index in [4.69, 9.17) is 4.74 Å². The molecule has 2 aromatic rings. The van der Waals surface area contributed by atoms with E-state index in [0.29, 0.717) is 12.3 Å². The van der Waals surface area contributed by atoms with Crippen molar-refractivity contribution in [3.63, 3.8) is 0 Å². The number of methoxy groups -OCH3 is 1. The minimum absolute atomic E-state index is 0.0102. The topological polar surface area (TPSA) is 38.3 Å². The molecule has 0 aromatic heterocycles. The second-order valence-corrected chi connectivity index (χ2v) is 5.47. The number of hydrogen-bond acceptors (Lipinski definition) is 2. The SMILES string of the molecule is CC[C@@H](C)c1ccccc1NC(=O)Cc1cccc(OC)c1. The van der Waals surface area contributed by atoms with E-state index in [9.17, 15) is 4.79 Å². The van der Waals surface area contributed by atoms with Gasteiger partial charge in [-0.05, 0) is 41.7 Å². The molecule has 0 spiro atoms. The van der Waals surface area contributed by atoms with Gasteiger partial charge < -0.3 is 10.1 Å². The highest BCUT2D eigenvalue weighted by atomic mass is 16.5. The summed E-state index contributed by atoms with van der Waals surface area (Å²) in [5.41, 5.74) is 3.03. The van der Waals surface area contributed by atoms with E-state index in [2.05, 4.69) is 25.2 Å². The first kappa shape index (κ1) is 16.1. The van der Waals surface area contributed by atoms with E-state index >= 15 is 0 Å². The Morgan fingerprint density at radius 3 is 2.68 bits per heavy atom. The van der Waals surface area contributed by atoms with Crippen LogP contribution in [-0.2, 0) is 11.2 Å². The molecule has 0 radical (unpaired) electrons. The summed E-state index contributed by atoms with van der Waals surface area (Å²) in [6, 6.07) is 15.6. The van der Waals surface area contributed by atoms with Crippen LogP contribution in [0, 0.1) is 0 Å². The van der Waals surface area contributed by atoms with Crippen LogP contribution >= 0.6 is 0 Å². The highest BCUT2D eigenvalue weighted by Crippen LogP contribution is 2.26. The van der Waals surface area contributed by atoms with Crippen molar-refractivity contribution < 1.29 is 9.53 Å². The summed E-state index contributed by atoms with van der Waals surface area (Å²) in [5.74, 6) is 1.18. The van der Waals surface area contributed by atoms with Crippen LogP contribution in [0.2, 0.25) is 0 Å². The Labute approximate surface area is 132 Å². The van der Waals surface area contributed by atoms with Gasteiger partial charge in [-0.3, -0.25) is 4.79 Å². The van der Waals surface area contributed by atoms with Gasteiger partial charge in [0.2, 0.25) is 5.91 Å². The Kier molecular flexibility index (Phi) is 5.59. The van der Waals surface area contributed by atoms with Crippen molar-refractivity contribution in [3.8, 4) is 5.75 Å². The molecule has 3 nitrogen and oxygen atoms in total. The number of amides is 1. The predicted molar refractivity (Wildman–Crippen MR) is 90.5 cm³/mol. The molecule has 0 aliphatic heterocycles. The van der Waals surface area contributed by atoms with Gasteiger partial charge in [-0.25, -0.2) is 0 Å². The average molecular weight is 297 g/mol. The quantitative estimate of drug-likeness (QED) is 0.858. The molecule has 0 aliphatic carbocycles. The van der Waals surface area contributed by atoms with Crippen molar-refractivity contribution in [2.45, 2.75) is 32.6 Å². The number of benzene rings is 2. The summed E-state index contributed by atoms with van der Waals surface area (Å²) in [4.78, 5) is 12.3. The number of nitrogens with one attached hydrogen (secondary N) is 1. The number of rotatable bonds is 6. The lowest BCUT2D eigenvalue weighted by atomic mass is 9.97. The summed E-state index contributed by atoms with van der Waals surface area (Å²) in [6.45, 7) is 4.33. The first-order chi connectivity index (χ1) is 10.6. The zero-order chi connectivity index (χ0) is 15.9. The second-order valence-electron chi connectivity index (χ2n) is 5.47. The van der Waals surface area contributed by atoms with E-state index in [1.807, 2.05) is 42.5 Å². The van der Waals surface area contributed by atoms with Gasteiger partial charge in [0.15, 0.2) is 0 Å². The summed E-state index contributed by atoms with van der Waals surface area (Å²) < 4.78 is 5.19. The third kappa shape index (κ3) is 4.10. The minimum atomic E-state index is -0.0102. The molecule has 0 saturated carbocycles. The Balaban J connectivity index is 2.09. The fourth-order valence-corrected chi connectivity index (χ4v) is 2.42. The third-order valence-electron chi connectivity index (χ3n) is 3.88. The van der Waals surface area contributed by atoms with Gasteiger partial charge in [-0.2, -0.15) is 0 Å². The van der Waals surface area contributed by atoms with E-state index in [0.717, 1.165) is 23.4 Å². The Hall–Kier alpha value is -2.29. The number of anilines is 1. The van der Waals surface area contributed by atoms with Gasteiger partial charge in [0.1, 0.15) is 5.75 Å². The van der Waals surface area contributed by atoms with Gasteiger partial charge in [-0.1, -0.05) is 44.2 Å². The van der Waals surface area contributed by atoms with Crippen LogP contribution in [0.15, 0.2) is 48.5 Å². The lowest BCUT2D eigenvalue weighted by Crippen LogP contribution is -2.16. The van der Waals surface area contributed by atoms with Gasteiger partial charge in [0.25, 0.3) is 0 Å². The molecule has 3 heteroatoms. The van der Waals surface area contributed by atoms with Crippen molar-refractivity contribution in [3.05, 3.63) is 59.7 Å². The van der Waals surface area contributed by atoms with Gasteiger partial charge in [0, 0.05) is 5.69 Å². The molecule has 1 amide bonds. The lowest BCUT2D eigenvalue weighted by molar-refractivity contribution is -0.115. The van der Waals surface area contributed by atoms with E-state index in [1.54, 1.807) is 7.11 Å². The van der Waals surface area contributed by atoms with Crippen molar-refractivity contribution in [2.75, 3.05) is 12.4 Å². The van der Waals surface area contributed by atoms with Crippen LogP contribution in [0.1, 0.15) is 37.3 Å². The predicted octanol–water partition coefficient (Wildman–Crippen LogP) is 4.39. The minimum Gasteiger partial charge on any atom is -0.497 e. The normalized spacial score (nSPS) is 11.8. The van der Waals surface area contributed by atoms with Gasteiger partial charge >= 0.3 is 0 Å². The monoisotopic (exact) mass is 297 g/mol. The molecule has 2 aromatic carbocycles. The highest BCUT2D eigenvalue weighted by Gasteiger charge is 2.11. The van der Waals surface area contributed by atoms with Crippen LogP contribution in [0.25, 0.3) is 0 Å². The average Bonchev–Trinajstić information content (AvgIpc) is 2.54. The number of ether oxygens (including phenoxy) is 1. The third-order valence-corrected chi connectivity index (χ3v) is 3.88. The van der Waals surface area contributed by atoms with Crippen molar-refractivity contribution in [1.29, 1.82) is 0 Å². The summed E-state index contributed by atoms with van der Waals surface area (Å²) in [5, 5.41) is 3.03. The molecule has 0 aliphatic rings. The molecule has 1 atom stereocenters. The van der Waals surface area contributed by atoms with Crippen LogP contribution < -0.4 is 10.1 Å². The Morgan fingerprint density at radius 1 is 1.18 bits per heavy atom. The highest BCUT2D eigenvalue weighted by molar-refractivity contribution is 5.93. The van der Waals surface area contributed by atoms with E-state index < -0.39 is 0 Å². The lowest BCUT2D eigenvalue weighted by Gasteiger charge is -2.15. The summed E-state index contributed by atoms with van der Waals surface area (Å²) in [6.07, 6.45) is 1.38. The molecule has 0 unspecified atom stereocenters. The number of para-hydroxylation sites is 1. The van der Waals surface area contributed by atoms with Crippen molar-refractivity contribution in [2.24, 2.45) is 0 Å². The molecule has 0 saturated heterocycles. The van der Waals surface area contributed by atoms with Crippen LogP contribution in [0.5, 0.6) is 5.75 Å². The second kappa shape index (κ2) is 7.64. The maximum atomic E-state index is 12.3. The Bertz CT molecular complexity index is 637. The largest absolute Gasteiger partial charge is 0.497 e. The fourth-order valence-electron chi connectivity index (χ4n) is 2.42. The van der Waals surface area contributed by atoms with E-state index in [-0.39, 0.29) is 5.91 Å². The van der Waals surface area contributed by atoms with E-state index in [1.165, 1.54) is 5.56 Å². The maximum absolute atomic E-state index is 12.3. The smallest absolute Gasteiger partial charge is 0.228 e. The molecular formula is C19H23NO2. The number of hydrogen-bond donors (Lipinski definition) is 1. The zero-order valence-corrected chi connectivity index (χ0v) is 13.4. The number of carbonyl (C=O) groups excluding carboxylic acids is 1. The molecule has 0 fully saturated rings. The van der Waals surface area contributed by atoms with Gasteiger partial charge in [-0.15, -0.1) is 0 Å². The molecule has 116 valence electrons. The van der Waals surface area contributed by atoms with Gasteiger partial charge in [0.05, 0.1) is 13.5 Å². The summed E-state index contributed by atoms with van der Waals surface area (Å²) >= 11 is 0. The summed E-state index contributed by atoms with van der Waals surface area (Å²) in [7, 11) is 1.63. The Morgan fingerprint density at radius 2 is 1.95 bits per heavy atom. The van der Waals surface area contributed by atoms with Crippen LogP contribution in [-0.4, -0.2) is 13.0 Å². The maximum Gasteiger partial charge on any atom is 0.228 e. The first-order valence-corrected chi connectivity index (χ1v) is 7.65. The molecular weight excluding hydrogens is 274 g/mol.